The van der Waals surface area contributed by atoms with Crippen molar-refractivity contribution in [3.63, 3.8) is 0 Å². The molecule has 1 heterocycles. The van der Waals surface area contributed by atoms with Gasteiger partial charge < -0.3 is 5.32 Å². The first-order chi connectivity index (χ1) is 8.58. The van der Waals surface area contributed by atoms with Gasteiger partial charge in [0.1, 0.15) is 0 Å². The molecule has 0 spiro atoms. The molecule has 0 saturated carbocycles. The van der Waals surface area contributed by atoms with Gasteiger partial charge in [-0.15, -0.1) is 0 Å². The van der Waals surface area contributed by atoms with Crippen LogP contribution >= 0.6 is 15.9 Å². The summed E-state index contributed by atoms with van der Waals surface area (Å²) in [6.45, 7) is 3.04. The van der Waals surface area contributed by atoms with E-state index in [9.17, 15) is 4.79 Å². The molecule has 98 valence electrons. The standard InChI is InChI=1S/C14H19BrN2O/c1-10-6-7-11(9-12(10)15)16-14(18)13-5-3-4-8-17(13)2/h6-7,9,13H,3-5,8H2,1-2H3,(H,16,18). The van der Waals surface area contributed by atoms with E-state index in [0.717, 1.165) is 29.5 Å². The van der Waals surface area contributed by atoms with E-state index in [2.05, 4.69) is 26.1 Å². The number of hydrogen-bond acceptors (Lipinski definition) is 2. The highest BCUT2D eigenvalue weighted by Crippen LogP contribution is 2.22. The molecular formula is C14H19BrN2O. The summed E-state index contributed by atoms with van der Waals surface area (Å²) in [5, 5.41) is 3.00. The van der Waals surface area contributed by atoms with Crippen LogP contribution in [-0.4, -0.2) is 30.4 Å². The van der Waals surface area contributed by atoms with Crippen LogP contribution in [0.4, 0.5) is 5.69 Å². The van der Waals surface area contributed by atoms with Crippen LogP contribution in [0.1, 0.15) is 24.8 Å². The highest BCUT2D eigenvalue weighted by atomic mass is 79.9. The Labute approximate surface area is 117 Å². The van der Waals surface area contributed by atoms with Gasteiger partial charge in [0.05, 0.1) is 6.04 Å². The lowest BCUT2D eigenvalue weighted by atomic mass is 10.0. The van der Waals surface area contributed by atoms with Gasteiger partial charge in [0, 0.05) is 10.2 Å². The molecule has 1 N–H and O–H groups in total. The third kappa shape index (κ3) is 3.12. The number of carbonyl (C=O) groups is 1. The molecule has 18 heavy (non-hydrogen) atoms. The van der Waals surface area contributed by atoms with Crippen molar-refractivity contribution in [2.75, 3.05) is 18.9 Å². The maximum absolute atomic E-state index is 12.2. The van der Waals surface area contributed by atoms with Gasteiger partial charge in [0.15, 0.2) is 0 Å². The summed E-state index contributed by atoms with van der Waals surface area (Å²) in [5.41, 5.74) is 2.03. The van der Waals surface area contributed by atoms with Crippen LogP contribution in [0, 0.1) is 6.92 Å². The van der Waals surface area contributed by atoms with E-state index in [1.165, 1.54) is 12.0 Å². The van der Waals surface area contributed by atoms with E-state index in [0.29, 0.717) is 0 Å². The summed E-state index contributed by atoms with van der Waals surface area (Å²) in [7, 11) is 2.02. The van der Waals surface area contributed by atoms with Crippen molar-refractivity contribution < 1.29 is 4.79 Å². The van der Waals surface area contributed by atoms with Crippen LogP contribution in [0.5, 0.6) is 0 Å². The number of piperidine rings is 1. The number of hydrogen-bond donors (Lipinski definition) is 1. The minimum atomic E-state index is 0.0128. The fourth-order valence-corrected chi connectivity index (χ4v) is 2.68. The number of likely N-dealkylation sites (N-methyl/N-ethyl adjacent to an activating group) is 1. The van der Waals surface area contributed by atoms with Crippen molar-refractivity contribution in [1.29, 1.82) is 0 Å². The number of nitrogens with zero attached hydrogens (tertiary/aromatic N) is 1. The second kappa shape index (κ2) is 5.85. The molecule has 1 unspecified atom stereocenters. The van der Waals surface area contributed by atoms with Gasteiger partial charge in [-0.05, 0) is 51.1 Å². The Hall–Kier alpha value is -0.870. The number of halogens is 1. The first kappa shape index (κ1) is 13.6. The maximum Gasteiger partial charge on any atom is 0.241 e. The number of likely N-dealkylation sites (tertiary alicyclic amines) is 1. The lowest BCUT2D eigenvalue weighted by Gasteiger charge is -2.31. The van der Waals surface area contributed by atoms with Gasteiger partial charge in [-0.25, -0.2) is 0 Å². The van der Waals surface area contributed by atoms with E-state index in [1.807, 2.05) is 32.2 Å². The van der Waals surface area contributed by atoms with Crippen LogP contribution < -0.4 is 5.32 Å². The van der Waals surface area contributed by atoms with Gasteiger partial charge in [-0.3, -0.25) is 9.69 Å². The molecule has 0 aliphatic carbocycles. The average molecular weight is 311 g/mol. The monoisotopic (exact) mass is 310 g/mol. The van der Waals surface area contributed by atoms with E-state index >= 15 is 0 Å². The van der Waals surface area contributed by atoms with E-state index in [1.54, 1.807) is 0 Å². The second-order valence-corrected chi connectivity index (χ2v) is 5.80. The Bertz CT molecular complexity index is 447. The van der Waals surface area contributed by atoms with Gasteiger partial charge in [0.2, 0.25) is 5.91 Å². The van der Waals surface area contributed by atoms with E-state index in [-0.39, 0.29) is 11.9 Å². The first-order valence-corrected chi connectivity index (χ1v) is 7.14. The lowest BCUT2D eigenvalue weighted by Crippen LogP contribution is -2.44. The fraction of sp³-hybridized carbons (Fsp3) is 0.500. The summed E-state index contributed by atoms with van der Waals surface area (Å²) in [4.78, 5) is 14.3. The smallest absolute Gasteiger partial charge is 0.241 e. The normalized spacial score (nSPS) is 20.7. The van der Waals surface area contributed by atoms with Crippen molar-refractivity contribution in [2.24, 2.45) is 0 Å². The molecule has 1 aromatic rings. The minimum Gasteiger partial charge on any atom is -0.325 e. The molecule has 4 heteroatoms. The molecule has 1 aliphatic heterocycles. The van der Waals surface area contributed by atoms with Crippen LogP contribution in [0.25, 0.3) is 0 Å². The number of carbonyl (C=O) groups excluding carboxylic acids is 1. The highest BCUT2D eigenvalue weighted by molar-refractivity contribution is 9.10. The molecule has 0 aromatic heterocycles. The van der Waals surface area contributed by atoms with E-state index in [4.69, 9.17) is 0 Å². The summed E-state index contributed by atoms with van der Waals surface area (Å²) in [6.07, 6.45) is 3.28. The number of nitrogens with one attached hydrogen (secondary N) is 1. The molecule has 1 atom stereocenters. The Morgan fingerprint density at radius 1 is 1.44 bits per heavy atom. The molecule has 0 bridgehead atoms. The summed E-state index contributed by atoms with van der Waals surface area (Å²) in [5.74, 6) is 0.105. The highest BCUT2D eigenvalue weighted by Gasteiger charge is 2.25. The second-order valence-electron chi connectivity index (χ2n) is 4.95. The molecule has 0 radical (unpaired) electrons. The summed E-state index contributed by atoms with van der Waals surface area (Å²) >= 11 is 3.48. The minimum absolute atomic E-state index is 0.0128. The SMILES string of the molecule is Cc1ccc(NC(=O)C2CCCCN2C)cc1Br. The van der Waals surface area contributed by atoms with Crippen molar-refractivity contribution >= 4 is 27.5 Å². The molecule has 1 aromatic carbocycles. The lowest BCUT2D eigenvalue weighted by molar-refractivity contribution is -0.121. The fourth-order valence-electron chi connectivity index (χ4n) is 2.30. The number of aryl methyl sites for hydroxylation is 1. The van der Waals surface area contributed by atoms with Crippen LogP contribution in [0.15, 0.2) is 22.7 Å². The maximum atomic E-state index is 12.2. The Morgan fingerprint density at radius 3 is 2.89 bits per heavy atom. The average Bonchev–Trinajstić information content (AvgIpc) is 2.34. The summed E-state index contributed by atoms with van der Waals surface area (Å²) in [6, 6.07) is 5.92. The summed E-state index contributed by atoms with van der Waals surface area (Å²) < 4.78 is 1.03. The predicted octanol–water partition coefficient (Wildman–Crippen LogP) is 3.18. The molecule has 1 saturated heterocycles. The molecular weight excluding hydrogens is 292 g/mol. The number of rotatable bonds is 2. The topological polar surface area (TPSA) is 32.3 Å². The van der Waals surface area contributed by atoms with Gasteiger partial charge in [-0.2, -0.15) is 0 Å². The molecule has 1 fully saturated rings. The van der Waals surface area contributed by atoms with Gasteiger partial charge in [0.25, 0.3) is 0 Å². The van der Waals surface area contributed by atoms with E-state index < -0.39 is 0 Å². The molecule has 1 amide bonds. The van der Waals surface area contributed by atoms with Gasteiger partial charge in [-0.1, -0.05) is 28.4 Å². The molecule has 2 rings (SSSR count). The number of amides is 1. The Morgan fingerprint density at radius 2 is 2.22 bits per heavy atom. The van der Waals surface area contributed by atoms with Crippen molar-refractivity contribution in [3.8, 4) is 0 Å². The van der Waals surface area contributed by atoms with Crippen LogP contribution in [-0.2, 0) is 4.79 Å². The third-order valence-corrected chi connectivity index (χ3v) is 4.37. The molecule has 3 nitrogen and oxygen atoms in total. The van der Waals surface area contributed by atoms with Crippen LogP contribution in [0.3, 0.4) is 0 Å². The largest absolute Gasteiger partial charge is 0.325 e. The zero-order valence-electron chi connectivity index (χ0n) is 10.9. The van der Waals surface area contributed by atoms with Crippen LogP contribution in [0.2, 0.25) is 0 Å². The predicted molar refractivity (Wildman–Crippen MR) is 77.8 cm³/mol. The number of benzene rings is 1. The zero-order chi connectivity index (χ0) is 13.1. The Balaban J connectivity index is 2.04. The Kier molecular flexibility index (Phi) is 4.40. The van der Waals surface area contributed by atoms with Crippen molar-refractivity contribution in [3.05, 3.63) is 28.2 Å². The molecule has 1 aliphatic rings. The number of anilines is 1. The third-order valence-electron chi connectivity index (χ3n) is 3.51. The van der Waals surface area contributed by atoms with Crippen molar-refractivity contribution in [2.45, 2.75) is 32.2 Å². The van der Waals surface area contributed by atoms with Crippen molar-refractivity contribution in [1.82, 2.24) is 4.90 Å². The first-order valence-electron chi connectivity index (χ1n) is 6.35. The quantitative estimate of drug-likeness (QED) is 0.910. The van der Waals surface area contributed by atoms with Gasteiger partial charge >= 0.3 is 0 Å². The zero-order valence-corrected chi connectivity index (χ0v) is 12.5.